The number of amides is 3. The number of rotatable bonds is 7. The van der Waals surface area contributed by atoms with Gasteiger partial charge < -0.3 is 14.8 Å². The molecule has 0 radical (unpaired) electrons. The molecule has 170 valence electrons. The summed E-state index contributed by atoms with van der Waals surface area (Å²) < 4.78 is 38.2. The number of urea groups is 1. The summed E-state index contributed by atoms with van der Waals surface area (Å²) in [6, 6.07) is 4.28. The van der Waals surface area contributed by atoms with Crippen molar-refractivity contribution in [2.45, 2.75) is 30.2 Å². The van der Waals surface area contributed by atoms with Crippen LogP contribution in [0.25, 0.3) is 0 Å². The lowest BCUT2D eigenvalue weighted by molar-refractivity contribution is -0.133. The van der Waals surface area contributed by atoms with E-state index in [0.717, 1.165) is 12.8 Å². The predicted octanol–water partition coefficient (Wildman–Crippen LogP) is 0.688. The molecule has 0 bridgehead atoms. The van der Waals surface area contributed by atoms with Crippen LogP contribution in [0.3, 0.4) is 0 Å². The van der Waals surface area contributed by atoms with Gasteiger partial charge in [0.1, 0.15) is 21.9 Å². The van der Waals surface area contributed by atoms with E-state index >= 15 is 0 Å². The van der Waals surface area contributed by atoms with Crippen LogP contribution in [0.1, 0.15) is 19.8 Å². The number of piperazine rings is 1. The zero-order chi connectivity index (χ0) is 22.4. The quantitative estimate of drug-likeness (QED) is 0.606. The molecule has 1 aromatic carbocycles. The smallest absolute Gasteiger partial charge is 0.326 e. The first-order valence-electron chi connectivity index (χ1n) is 10.3. The van der Waals surface area contributed by atoms with E-state index in [1.165, 1.54) is 29.5 Å². The minimum absolute atomic E-state index is 0.0529. The van der Waals surface area contributed by atoms with E-state index in [1.807, 2.05) is 4.90 Å². The molecule has 3 aliphatic rings. The molecule has 1 saturated carbocycles. The minimum Gasteiger partial charge on any atom is -0.497 e. The second kappa shape index (κ2) is 7.95. The van der Waals surface area contributed by atoms with E-state index in [-0.39, 0.29) is 48.3 Å². The monoisotopic (exact) mass is 452 g/mol. The molecule has 0 aromatic heterocycles. The molecule has 31 heavy (non-hydrogen) atoms. The Balaban J connectivity index is 1.42. The molecule has 2 aliphatic heterocycles. The minimum atomic E-state index is -3.79. The number of ether oxygens (including phenoxy) is 2. The summed E-state index contributed by atoms with van der Waals surface area (Å²) in [6.07, 6.45) is 1.89. The molecule has 10 nitrogen and oxygen atoms in total. The van der Waals surface area contributed by atoms with Gasteiger partial charge in [0, 0.05) is 32.2 Å². The fourth-order valence-electron chi connectivity index (χ4n) is 4.22. The van der Waals surface area contributed by atoms with Gasteiger partial charge in [0.25, 0.3) is 5.91 Å². The first-order chi connectivity index (χ1) is 14.7. The molecule has 0 spiro atoms. The number of hydrogen-bond donors (Lipinski definition) is 1. The zero-order valence-electron chi connectivity index (χ0n) is 18.0. The summed E-state index contributed by atoms with van der Waals surface area (Å²) in [6.45, 7) is 3.24. The van der Waals surface area contributed by atoms with Gasteiger partial charge in [-0.25, -0.2) is 18.1 Å². The fraction of sp³-hybridized carbons (Fsp3) is 0.600. The molecular weight excluding hydrogens is 424 g/mol. The highest BCUT2D eigenvalue weighted by atomic mass is 32.2. The van der Waals surface area contributed by atoms with Gasteiger partial charge in [0.15, 0.2) is 0 Å². The van der Waals surface area contributed by atoms with Gasteiger partial charge in [0.2, 0.25) is 10.0 Å². The number of hydrogen-bond acceptors (Lipinski definition) is 7. The molecule has 1 N–H and O–H groups in total. The van der Waals surface area contributed by atoms with E-state index in [9.17, 15) is 18.0 Å². The number of sulfonamides is 1. The highest BCUT2D eigenvalue weighted by Gasteiger charge is 2.56. The Morgan fingerprint density at radius 2 is 1.77 bits per heavy atom. The van der Waals surface area contributed by atoms with Crippen molar-refractivity contribution < 1.29 is 27.5 Å². The largest absolute Gasteiger partial charge is 0.497 e. The molecule has 2 heterocycles. The fourth-order valence-corrected chi connectivity index (χ4v) is 5.81. The molecule has 3 amide bonds. The van der Waals surface area contributed by atoms with Gasteiger partial charge in [-0.3, -0.25) is 9.69 Å². The van der Waals surface area contributed by atoms with Gasteiger partial charge in [0.05, 0.1) is 20.9 Å². The third kappa shape index (κ3) is 3.85. The van der Waals surface area contributed by atoms with Crippen molar-refractivity contribution in [1.82, 2.24) is 19.4 Å². The Labute approximate surface area is 182 Å². The number of imide groups is 1. The van der Waals surface area contributed by atoms with Crippen molar-refractivity contribution in [3.63, 3.8) is 0 Å². The van der Waals surface area contributed by atoms with Crippen LogP contribution in [0.4, 0.5) is 4.79 Å². The van der Waals surface area contributed by atoms with Gasteiger partial charge >= 0.3 is 6.03 Å². The zero-order valence-corrected chi connectivity index (χ0v) is 18.8. The van der Waals surface area contributed by atoms with Crippen LogP contribution in [0, 0.1) is 5.92 Å². The first-order valence-corrected chi connectivity index (χ1v) is 11.7. The summed E-state index contributed by atoms with van der Waals surface area (Å²) in [5.74, 6) is 0.683. The summed E-state index contributed by atoms with van der Waals surface area (Å²) in [5, 5.41) is 2.84. The second-order valence-electron chi connectivity index (χ2n) is 8.32. The Hall–Kier alpha value is -2.37. The van der Waals surface area contributed by atoms with Crippen molar-refractivity contribution in [2.24, 2.45) is 5.92 Å². The molecular formula is C20H28N4O6S. The van der Waals surface area contributed by atoms with Crippen molar-refractivity contribution in [1.29, 1.82) is 0 Å². The average Bonchev–Trinajstić information content (AvgIpc) is 3.59. The van der Waals surface area contributed by atoms with Crippen LogP contribution in [0.2, 0.25) is 0 Å². The Bertz CT molecular complexity index is 987. The highest BCUT2D eigenvalue weighted by Crippen LogP contribution is 2.42. The average molecular weight is 453 g/mol. The number of methoxy groups -OCH3 is 2. The third-order valence-corrected chi connectivity index (χ3v) is 8.28. The van der Waals surface area contributed by atoms with Crippen molar-refractivity contribution in [3.8, 4) is 11.5 Å². The summed E-state index contributed by atoms with van der Waals surface area (Å²) in [5.41, 5.74) is -0.814. The lowest BCUT2D eigenvalue weighted by Gasteiger charge is -2.35. The normalized spacial score (nSPS) is 25.6. The molecule has 1 aromatic rings. The lowest BCUT2D eigenvalue weighted by atomic mass is 9.96. The van der Waals surface area contributed by atoms with E-state index in [2.05, 4.69) is 5.32 Å². The summed E-state index contributed by atoms with van der Waals surface area (Å²) >= 11 is 0. The lowest BCUT2D eigenvalue weighted by Crippen LogP contribution is -2.53. The molecule has 11 heteroatoms. The van der Waals surface area contributed by atoms with Crippen molar-refractivity contribution in [3.05, 3.63) is 18.2 Å². The predicted molar refractivity (Wildman–Crippen MR) is 111 cm³/mol. The maximum Gasteiger partial charge on any atom is 0.326 e. The Morgan fingerprint density at radius 3 is 2.35 bits per heavy atom. The van der Waals surface area contributed by atoms with Crippen LogP contribution in [-0.2, 0) is 14.8 Å². The van der Waals surface area contributed by atoms with Crippen LogP contribution in [-0.4, -0.2) is 87.1 Å². The van der Waals surface area contributed by atoms with Crippen LogP contribution in [0.5, 0.6) is 11.5 Å². The Kier molecular flexibility index (Phi) is 5.61. The van der Waals surface area contributed by atoms with E-state index in [0.29, 0.717) is 18.8 Å². The maximum absolute atomic E-state index is 13.2. The molecule has 1 atom stereocenters. The van der Waals surface area contributed by atoms with E-state index in [4.69, 9.17) is 9.47 Å². The van der Waals surface area contributed by atoms with Crippen molar-refractivity contribution in [2.75, 3.05) is 47.1 Å². The van der Waals surface area contributed by atoms with Gasteiger partial charge in [-0.2, -0.15) is 4.31 Å². The van der Waals surface area contributed by atoms with Gasteiger partial charge in [-0.1, -0.05) is 0 Å². The topological polar surface area (TPSA) is 108 Å². The number of nitrogens with zero attached hydrogens (tertiary/aromatic N) is 3. The molecule has 2 saturated heterocycles. The summed E-state index contributed by atoms with van der Waals surface area (Å²) in [7, 11) is -0.893. The summed E-state index contributed by atoms with van der Waals surface area (Å²) in [4.78, 5) is 28.4. The number of carbonyl (C=O) groups excluding carboxylic acids is 2. The van der Waals surface area contributed by atoms with Crippen LogP contribution in [0.15, 0.2) is 23.1 Å². The van der Waals surface area contributed by atoms with E-state index < -0.39 is 15.6 Å². The third-order valence-electron chi connectivity index (χ3n) is 6.36. The number of benzene rings is 1. The second-order valence-corrected chi connectivity index (χ2v) is 10.2. The standard InChI is InChI=1S/C20H28N4O6S/c1-20(14-4-5-14)18(25)24(19(26)21-20)13-22-8-10-23(11-9-22)31(27,28)17-12-15(29-2)6-7-16(17)30-3/h6-7,12,14H,4-5,8-11,13H2,1-3H3,(H,21,26). The maximum atomic E-state index is 13.2. The molecule has 1 unspecified atom stereocenters. The Morgan fingerprint density at radius 1 is 1.10 bits per heavy atom. The first kappa shape index (κ1) is 21.8. The molecule has 4 rings (SSSR count). The van der Waals surface area contributed by atoms with E-state index in [1.54, 1.807) is 19.1 Å². The van der Waals surface area contributed by atoms with Gasteiger partial charge in [-0.15, -0.1) is 0 Å². The number of carbonyl (C=O) groups is 2. The molecule has 3 fully saturated rings. The SMILES string of the molecule is COc1ccc(OC)c(S(=O)(=O)N2CCN(CN3C(=O)NC(C)(C4CC4)C3=O)CC2)c1. The molecule has 1 aliphatic carbocycles. The van der Waals surface area contributed by atoms with Crippen LogP contribution < -0.4 is 14.8 Å². The number of nitrogens with one attached hydrogen (secondary N) is 1. The van der Waals surface area contributed by atoms with Crippen molar-refractivity contribution >= 4 is 22.0 Å². The van der Waals surface area contributed by atoms with Crippen LogP contribution >= 0.6 is 0 Å². The highest BCUT2D eigenvalue weighted by molar-refractivity contribution is 7.89. The van der Waals surface area contributed by atoms with Gasteiger partial charge in [-0.05, 0) is 37.8 Å².